The third-order valence-electron chi connectivity index (χ3n) is 0.427. The van der Waals surface area contributed by atoms with Crippen molar-refractivity contribution in [3.05, 3.63) is 12.7 Å². The van der Waals surface area contributed by atoms with E-state index in [0.717, 1.165) is 12.8 Å². The van der Waals surface area contributed by atoms with E-state index in [1.54, 1.807) is 0 Å². The van der Waals surface area contributed by atoms with Gasteiger partial charge in [-0.1, -0.05) is 6.42 Å². The molecule has 0 saturated carbocycles. The van der Waals surface area contributed by atoms with Crippen LogP contribution < -0.4 is 0 Å². The van der Waals surface area contributed by atoms with E-state index in [4.69, 9.17) is 5.73 Å². The average molecular weight is 160 g/mol. The smallest absolute Gasteiger partial charge is 0 e. The number of unbranched alkanes of at least 4 members (excludes halogenated alkanes) is 1. The summed E-state index contributed by atoms with van der Waals surface area (Å²) in [6.07, 6.45) is 1.85. The third kappa shape index (κ3) is 8.91. The molecule has 0 bridgehead atoms. The first-order valence-corrected chi connectivity index (χ1v) is 1.85. The van der Waals surface area contributed by atoms with Crippen molar-refractivity contribution >= 4 is 0 Å². The van der Waals surface area contributed by atoms with Gasteiger partial charge in [0.15, 0.2) is 0 Å². The van der Waals surface area contributed by atoms with Gasteiger partial charge in [-0.25, -0.2) is 0 Å². The van der Waals surface area contributed by atoms with Gasteiger partial charge in [-0.15, -0.1) is 0 Å². The summed E-state index contributed by atoms with van der Waals surface area (Å²) >= 11 is 0. The Labute approximate surface area is 64.6 Å². The van der Waals surface area contributed by atoms with Crippen molar-refractivity contribution in [3.8, 4) is 0 Å². The van der Waals surface area contributed by atoms with Gasteiger partial charge in [0.2, 0.25) is 0 Å². The fraction of sp³-hybridized carbons (Fsp3) is 0.750. The van der Waals surface area contributed by atoms with E-state index in [-0.39, 0.29) is 32.7 Å². The van der Waals surface area contributed by atoms with Crippen LogP contribution in [0.3, 0.4) is 0 Å². The molecule has 6 heavy (non-hydrogen) atoms. The monoisotopic (exact) mass is 160 g/mol. The molecule has 0 aliphatic rings. The molecule has 1 nitrogen and oxygen atoms in total. The van der Waals surface area contributed by atoms with E-state index < -0.39 is 0 Å². The summed E-state index contributed by atoms with van der Waals surface area (Å²) < 4.78 is 0. The van der Waals surface area contributed by atoms with E-state index in [2.05, 4.69) is 6.92 Å². The molecule has 0 aromatic carbocycles. The van der Waals surface area contributed by atoms with Crippen molar-refractivity contribution in [2.75, 3.05) is 6.54 Å². The second kappa shape index (κ2) is 9.42. The van der Waals surface area contributed by atoms with E-state index >= 15 is 0 Å². The molecule has 0 unspecified atom stereocenters. The molecule has 0 aliphatic heterocycles. The minimum atomic E-state index is 0. The topological polar surface area (TPSA) is 23.8 Å². The SMILES string of the molecule is [CH2-]CCC[NH-].[Y]. The largest absolute Gasteiger partial charge is 0.677 e. The van der Waals surface area contributed by atoms with Gasteiger partial charge >= 0.3 is 0 Å². The minimum Gasteiger partial charge on any atom is -0.677 e. The van der Waals surface area contributed by atoms with Crippen LogP contribution >= 0.6 is 0 Å². The maximum absolute atomic E-state index is 6.56. The fourth-order valence-corrected chi connectivity index (χ4v) is 0.125. The number of nitrogens with one attached hydrogen (secondary N) is 1. The predicted octanol–water partition coefficient (Wildman–Crippen LogP) is 1.65. The molecule has 2 heteroatoms. The summed E-state index contributed by atoms with van der Waals surface area (Å²) in [7, 11) is 0. The zero-order valence-electron chi connectivity index (χ0n) is 3.91. The molecule has 0 aromatic heterocycles. The zero-order chi connectivity index (χ0) is 4.12. The molecule has 1 radical (unpaired) electrons. The predicted molar refractivity (Wildman–Crippen MR) is 23.8 cm³/mol. The Morgan fingerprint density at radius 2 is 2.00 bits per heavy atom. The molecule has 0 aliphatic carbocycles. The Morgan fingerprint density at radius 3 is 2.00 bits per heavy atom. The normalized spacial score (nSPS) is 7.00. The Hall–Kier alpha value is 1.06. The van der Waals surface area contributed by atoms with Gasteiger partial charge in [0, 0.05) is 32.7 Å². The van der Waals surface area contributed by atoms with Crippen LogP contribution in [-0.4, -0.2) is 6.54 Å². The molecule has 0 aromatic rings. The molecule has 0 spiro atoms. The first-order chi connectivity index (χ1) is 2.41. The van der Waals surface area contributed by atoms with Crippen LogP contribution in [0.15, 0.2) is 0 Å². The number of rotatable bonds is 2. The van der Waals surface area contributed by atoms with Gasteiger partial charge in [-0.3, -0.25) is 0 Å². The first kappa shape index (κ1) is 10.1. The van der Waals surface area contributed by atoms with Gasteiger partial charge in [0.25, 0.3) is 0 Å². The van der Waals surface area contributed by atoms with Crippen LogP contribution in [0.25, 0.3) is 5.73 Å². The second-order valence-corrected chi connectivity index (χ2v) is 0.957. The average Bonchev–Trinajstić information content (AvgIpc) is 1.41. The molecule has 0 rings (SSSR count). The van der Waals surface area contributed by atoms with Crippen LogP contribution in [0.2, 0.25) is 0 Å². The van der Waals surface area contributed by atoms with Crippen molar-refractivity contribution in [3.63, 3.8) is 0 Å². The summed E-state index contributed by atoms with van der Waals surface area (Å²) in [5.41, 5.74) is 6.56. The van der Waals surface area contributed by atoms with E-state index in [1.807, 2.05) is 0 Å². The van der Waals surface area contributed by atoms with Crippen LogP contribution in [0.1, 0.15) is 12.8 Å². The standard InChI is InChI=1S/C4H9N.Y/c1-2-3-4-5;/h5H,1-4H2;/q-2;. The van der Waals surface area contributed by atoms with Crippen LogP contribution in [0, 0.1) is 6.92 Å². The molecule has 0 saturated heterocycles. The minimum absolute atomic E-state index is 0. The third-order valence-corrected chi connectivity index (χ3v) is 0.427. The Balaban J connectivity index is 0. The Morgan fingerprint density at radius 1 is 1.50 bits per heavy atom. The van der Waals surface area contributed by atoms with E-state index in [1.165, 1.54) is 0 Å². The Kier molecular flexibility index (Phi) is 15.9. The molecule has 35 valence electrons. The van der Waals surface area contributed by atoms with E-state index in [0.29, 0.717) is 6.54 Å². The molecule has 0 amide bonds. The van der Waals surface area contributed by atoms with Gasteiger partial charge in [0.05, 0.1) is 0 Å². The van der Waals surface area contributed by atoms with Crippen LogP contribution in [-0.2, 0) is 32.7 Å². The van der Waals surface area contributed by atoms with Gasteiger partial charge in [-0.2, -0.15) is 13.0 Å². The fourth-order valence-electron chi connectivity index (χ4n) is 0.125. The quantitative estimate of drug-likeness (QED) is 0.548. The van der Waals surface area contributed by atoms with Crippen molar-refractivity contribution in [1.29, 1.82) is 0 Å². The summed E-state index contributed by atoms with van der Waals surface area (Å²) in [4.78, 5) is 0. The van der Waals surface area contributed by atoms with Crippen molar-refractivity contribution < 1.29 is 32.7 Å². The molecule has 0 atom stereocenters. The summed E-state index contributed by atoms with van der Waals surface area (Å²) in [6.45, 7) is 4.09. The second-order valence-electron chi connectivity index (χ2n) is 0.957. The van der Waals surface area contributed by atoms with Crippen molar-refractivity contribution in [2.24, 2.45) is 0 Å². The maximum atomic E-state index is 6.56. The first-order valence-electron chi connectivity index (χ1n) is 1.85. The molecular weight excluding hydrogens is 151 g/mol. The van der Waals surface area contributed by atoms with Gasteiger partial charge < -0.3 is 12.7 Å². The van der Waals surface area contributed by atoms with E-state index in [9.17, 15) is 0 Å². The van der Waals surface area contributed by atoms with Crippen LogP contribution in [0.4, 0.5) is 0 Å². The summed E-state index contributed by atoms with van der Waals surface area (Å²) in [6, 6.07) is 0. The van der Waals surface area contributed by atoms with Gasteiger partial charge in [-0.05, 0) is 0 Å². The zero-order valence-corrected chi connectivity index (χ0v) is 6.74. The van der Waals surface area contributed by atoms with Crippen LogP contribution in [0.5, 0.6) is 0 Å². The van der Waals surface area contributed by atoms with Crippen molar-refractivity contribution in [2.45, 2.75) is 12.8 Å². The molecule has 0 heterocycles. The maximum Gasteiger partial charge on any atom is 0 e. The number of hydrogen-bond donors (Lipinski definition) is 0. The number of hydrogen-bond acceptors (Lipinski definition) is 0. The summed E-state index contributed by atoms with van der Waals surface area (Å²) in [5.74, 6) is 0. The molecule has 1 N–H and O–H groups in total. The summed E-state index contributed by atoms with van der Waals surface area (Å²) in [5, 5.41) is 0. The molecule has 0 fully saturated rings. The Bertz CT molecular complexity index is 15.0. The van der Waals surface area contributed by atoms with Gasteiger partial charge in [0.1, 0.15) is 0 Å². The van der Waals surface area contributed by atoms with Crippen molar-refractivity contribution in [1.82, 2.24) is 0 Å². The molecular formula is C4H9NY-2.